The number of carbonyl (C=O) groups excluding carboxylic acids is 1. The summed E-state index contributed by atoms with van der Waals surface area (Å²) >= 11 is 0. The van der Waals surface area contributed by atoms with Crippen molar-refractivity contribution >= 4 is 15.9 Å². The molecule has 0 aromatic heterocycles. The third-order valence-electron chi connectivity index (χ3n) is 4.83. The Balaban J connectivity index is 1.70. The van der Waals surface area contributed by atoms with Crippen molar-refractivity contribution in [3.63, 3.8) is 0 Å². The summed E-state index contributed by atoms with van der Waals surface area (Å²) in [4.78, 5) is 14.2. The zero-order valence-electron chi connectivity index (χ0n) is 14.0. The molecule has 6 nitrogen and oxygen atoms in total. The van der Waals surface area contributed by atoms with Gasteiger partial charge in [0.05, 0.1) is 19.0 Å². The van der Waals surface area contributed by atoms with E-state index >= 15 is 0 Å². The van der Waals surface area contributed by atoms with Gasteiger partial charge in [-0.1, -0.05) is 0 Å². The number of nitrogens with one attached hydrogen (secondary N) is 1. The molecule has 2 fully saturated rings. The van der Waals surface area contributed by atoms with Crippen LogP contribution in [0.25, 0.3) is 0 Å². The number of ether oxygens (including phenoxy) is 1. The second kappa shape index (κ2) is 6.62. The molecular weight excluding hydrogens is 354 g/mol. The number of halogens is 2. The van der Waals surface area contributed by atoms with Crippen LogP contribution in [0.3, 0.4) is 0 Å². The molecule has 9 heteroatoms. The van der Waals surface area contributed by atoms with Crippen LogP contribution in [0, 0.1) is 30.4 Å². The Hall–Kier alpha value is -1.58. The molecule has 2 aliphatic rings. The summed E-state index contributed by atoms with van der Waals surface area (Å²) in [5, 5.41) is 0. The molecule has 25 heavy (non-hydrogen) atoms. The Morgan fingerprint density at radius 1 is 1.32 bits per heavy atom. The average Bonchev–Trinajstić information content (AvgIpc) is 3.08. The fraction of sp³-hybridized carbons (Fsp3) is 0.562. The molecule has 1 aromatic rings. The van der Waals surface area contributed by atoms with Gasteiger partial charge < -0.3 is 9.64 Å². The topological polar surface area (TPSA) is 75.7 Å². The molecule has 3 atom stereocenters. The summed E-state index contributed by atoms with van der Waals surface area (Å²) in [7, 11) is -3.29. The first-order valence-electron chi connectivity index (χ1n) is 7.97. The monoisotopic (exact) mass is 374 g/mol. The molecule has 0 saturated carbocycles. The van der Waals surface area contributed by atoms with Crippen molar-refractivity contribution in [2.45, 2.75) is 13.0 Å². The molecule has 3 rings (SSSR count). The van der Waals surface area contributed by atoms with E-state index in [1.165, 1.54) is 0 Å². The Kier molecular flexibility index (Phi) is 4.82. The Morgan fingerprint density at radius 2 is 2.00 bits per heavy atom. The zero-order chi connectivity index (χ0) is 18.4. The summed E-state index contributed by atoms with van der Waals surface area (Å²) in [6.45, 7) is 3.01. The van der Waals surface area contributed by atoms with Gasteiger partial charge in [-0.3, -0.25) is 4.79 Å². The molecule has 138 valence electrons. The van der Waals surface area contributed by atoms with Crippen LogP contribution >= 0.6 is 0 Å². The third kappa shape index (κ3) is 3.83. The van der Waals surface area contributed by atoms with Crippen LogP contribution in [0.4, 0.5) is 8.78 Å². The average molecular weight is 374 g/mol. The smallest absolute Gasteiger partial charge is 0.254 e. The van der Waals surface area contributed by atoms with Gasteiger partial charge in [0.1, 0.15) is 0 Å². The van der Waals surface area contributed by atoms with Crippen molar-refractivity contribution in [3.05, 3.63) is 34.9 Å². The lowest BCUT2D eigenvalue weighted by molar-refractivity contribution is 0.0677. The van der Waals surface area contributed by atoms with Gasteiger partial charge >= 0.3 is 0 Å². The minimum Gasteiger partial charge on any atom is -0.376 e. The minimum absolute atomic E-state index is 0.0174. The van der Waals surface area contributed by atoms with Gasteiger partial charge in [0.25, 0.3) is 5.91 Å². The first kappa shape index (κ1) is 18.2. The van der Waals surface area contributed by atoms with Crippen LogP contribution in [0.5, 0.6) is 0 Å². The van der Waals surface area contributed by atoms with Crippen molar-refractivity contribution in [2.75, 3.05) is 32.5 Å². The Bertz CT molecular complexity index is 800. The first-order chi connectivity index (χ1) is 11.7. The van der Waals surface area contributed by atoms with E-state index in [0.717, 1.165) is 18.4 Å². The maximum Gasteiger partial charge on any atom is 0.254 e. The van der Waals surface area contributed by atoms with Gasteiger partial charge in [0, 0.05) is 37.0 Å². The van der Waals surface area contributed by atoms with Crippen molar-refractivity contribution in [2.24, 2.45) is 11.8 Å². The number of rotatable bonds is 4. The largest absolute Gasteiger partial charge is 0.376 e. The van der Waals surface area contributed by atoms with E-state index in [0.29, 0.717) is 25.3 Å². The van der Waals surface area contributed by atoms with Gasteiger partial charge in [-0.15, -0.1) is 0 Å². The number of hydrogen-bond acceptors (Lipinski definition) is 4. The van der Waals surface area contributed by atoms with Crippen molar-refractivity contribution in [3.8, 4) is 0 Å². The van der Waals surface area contributed by atoms with Gasteiger partial charge in [-0.2, -0.15) is 0 Å². The second-order valence-corrected chi connectivity index (χ2v) is 8.54. The Labute approximate surface area is 145 Å². The SMILES string of the molecule is Cc1cc(F)c(F)cc1C(=O)N1C[C@H]2[C@H](CNS(C)(=O)=O)CO[C@H]2C1. The number of carbonyl (C=O) groups is 1. The van der Waals surface area contributed by atoms with Crippen molar-refractivity contribution in [1.82, 2.24) is 9.62 Å². The van der Waals surface area contributed by atoms with Crippen LogP contribution in [-0.4, -0.2) is 57.8 Å². The lowest BCUT2D eigenvalue weighted by Crippen LogP contribution is -2.35. The summed E-state index contributed by atoms with van der Waals surface area (Å²) in [6.07, 6.45) is 0.928. The maximum atomic E-state index is 13.5. The Morgan fingerprint density at radius 3 is 2.68 bits per heavy atom. The fourth-order valence-electron chi connectivity index (χ4n) is 3.48. The number of likely N-dealkylation sites (tertiary alicyclic amines) is 1. The van der Waals surface area contributed by atoms with E-state index in [1.54, 1.807) is 11.8 Å². The molecule has 2 heterocycles. The highest BCUT2D eigenvalue weighted by Crippen LogP contribution is 2.34. The number of amides is 1. The minimum atomic E-state index is -3.29. The van der Waals surface area contributed by atoms with Crippen molar-refractivity contribution in [1.29, 1.82) is 0 Å². The van der Waals surface area contributed by atoms with E-state index in [4.69, 9.17) is 4.74 Å². The molecule has 2 aliphatic heterocycles. The number of fused-ring (bicyclic) bond motifs is 1. The second-order valence-electron chi connectivity index (χ2n) is 6.71. The molecule has 1 amide bonds. The number of aryl methyl sites for hydroxylation is 1. The number of benzene rings is 1. The summed E-state index contributed by atoms with van der Waals surface area (Å²) < 4.78 is 57.4. The quantitative estimate of drug-likeness (QED) is 0.850. The number of sulfonamides is 1. The molecule has 2 saturated heterocycles. The predicted octanol–water partition coefficient (Wildman–Crippen LogP) is 0.909. The predicted molar refractivity (Wildman–Crippen MR) is 86.6 cm³/mol. The molecule has 1 N–H and O–H groups in total. The highest BCUT2D eigenvalue weighted by atomic mass is 32.2. The summed E-state index contributed by atoms with van der Waals surface area (Å²) in [5.74, 6) is -2.42. The summed E-state index contributed by atoms with van der Waals surface area (Å²) in [6, 6.07) is 1.93. The van der Waals surface area contributed by atoms with Crippen LogP contribution in [0.15, 0.2) is 12.1 Å². The lowest BCUT2D eigenvalue weighted by Gasteiger charge is -2.21. The molecule has 0 unspecified atom stereocenters. The van der Waals surface area contributed by atoms with Crippen LogP contribution < -0.4 is 4.72 Å². The molecular formula is C16H20F2N2O4S. The maximum absolute atomic E-state index is 13.5. The lowest BCUT2D eigenvalue weighted by atomic mass is 9.93. The van der Waals surface area contributed by atoms with Crippen LogP contribution in [0.2, 0.25) is 0 Å². The number of nitrogens with zero attached hydrogens (tertiary/aromatic N) is 1. The highest BCUT2D eigenvalue weighted by Gasteiger charge is 2.45. The third-order valence-corrected chi connectivity index (χ3v) is 5.52. The number of hydrogen-bond donors (Lipinski definition) is 1. The molecule has 0 radical (unpaired) electrons. The molecule has 0 aliphatic carbocycles. The molecule has 0 spiro atoms. The van der Waals surface area contributed by atoms with E-state index in [-0.39, 0.29) is 36.0 Å². The fourth-order valence-corrected chi connectivity index (χ4v) is 4.00. The van der Waals surface area contributed by atoms with E-state index in [2.05, 4.69) is 4.72 Å². The van der Waals surface area contributed by atoms with E-state index in [1.807, 2.05) is 0 Å². The van der Waals surface area contributed by atoms with Gasteiger partial charge in [0.2, 0.25) is 10.0 Å². The van der Waals surface area contributed by atoms with E-state index < -0.39 is 21.7 Å². The van der Waals surface area contributed by atoms with Crippen molar-refractivity contribution < 1.29 is 26.7 Å². The van der Waals surface area contributed by atoms with Gasteiger partial charge in [-0.25, -0.2) is 21.9 Å². The summed E-state index contributed by atoms with van der Waals surface area (Å²) in [5.41, 5.74) is 0.502. The van der Waals surface area contributed by atoms with Crippen LogP contribution in [0.1, 0.15) is 15.9 Å². The van der Waals surface area contributed by atoms with E-state index in [9.17, 15) is 22.0 Å². The van der Waals surface area contributed by atoms with Gasteiger partial charge in [0.15, 0.2) is 11.6 Å². The molecule has 1 aromatic carbocycles. The standard InChI is InChI=1S/C16H20F2N2O4S/c1-9-3-13(17)14(18)4-11(9)16(21)20-6-12-10(5-19-25(2,22)23)8-24-15(12)7-20/h3-4,10,12,15,19H,5-8H2,1-2H3/t10-,12+,15+/m1/s1. The highest BCUT2D eigenvalue weighted by molar-refractivity contribution is 7.88. The zero-order valence-corrected chi connectivity index (χ0v) is 14.8. The molecule has 0 bridgehead atoms. The normalized spacial score (nSPS) is 26.1. The van der Waals surface area contributed by atoms with Gasteiger partial charge in [-0.05, 0) is 24.6 Å². The van der Waals surface area contributed by atoms with Crippen LogP contribution in [-0.2, 0) is 14.8 Å². The first-order valence-corrected chi connectivity index (χ1v) is 9.86.